The molecule has 0 aromatic heterocycles. The first-order valence-corrected chi connectivity index (χ1v) is 6.52. The van der Waals surface area contributed by atoms with Gasteiger partial charge in [-0.15, -0.1) is 0 Å². The van der Waals surface area contributed by atoms with Crippen molar-refractivity contribution in [1.82, 2.24) is 4.90 Å². The third-order valence-electron chi connectivity index (χ3n) is 4.08. The van der Waals surface area contributed by atoms with Crippen LogP contribution in [0.1, 0.15) is 48.0 Å². The number of hydrogen-bond acceptors (Lipinski definition) is 3. The van der Waals surface area contributed by atoms with Gasteiger partial charge in [0.1, 0.15) is 6.04 Å². The quantitative estimate of drug-likeness (QED) is 0.794. The highest BCUT2D eigenvalue weighted by molar-refractivity contribution is 6.08. The van der Waals surface area contributed by atoms with Crippen molar-refractivity contribution in [3.63, 3.8) is 0 Å². The first-order chi connectivity index (χ1) is 8.43. The molecule has 0 aromatic carbocycles. The molecule has 0 aliphatic carbocycles. The molecule has 1 heterocycles. The van der Waals surface area contributed by atoms with Crippen molar-refractivity contribution < 1.29 is 19.5 Å². The lowest BCUT2D eigenvalue weighted by Gasteiger charge is -2.35. The molecule has 1 fully saturated rings. The monoisotopic (exact) mass is 269 g/mol. The summed E-state index contributed by atoms with van der Waals surface area (Å²) < 4.78 is 0. The molecule has 2 atom stereocenters. The zero-order valence-electron chi connectivity index (χ0n) is 12.5. The van der Waals surface area contributed by atoms with Gasteiger partial charge in [-0.1, -0.05) is 34.6 Å². The van der Waals surface area contributed by atoms with Gasteiger partial charge in [0.25, 0.3) is 0 Å². The van der Waals surface area contributed by atoms with Gasteiger partial charge in [-0.2, -0.15) is 0 Å². The van der Waals surface area contributed by atoms with Crippen LogP contribution in [0.15, 0.2) is 0 Å². The summed E-state index contributed by atoms with van der Waals surface area (Å²) in [5.74, 6) is -1.90. The predicted octanol–water partition coefficient (Wildman–Crippen LogP) is 1.91. The Morgan fingerprint density at radius 2 is 1.79 bits per heavy atom. The van der Waals surface area contributed by atoms with Crippen molar-refractivity contribution in [2.75, 3.05) is 0 Å². The van der Waals surface area contributed by atoms with E-state index >= 15 is 0 Å². The van der Waals surface area contributed by atoms with E-state index in [2.05, 4.69) is 0 Å². The van der Waals surface area contributed by atoms with Crippen LogP contribution in [0.5, 0.6) is 0 Å². The van der Waals surface area contributed by atoms with E-state index in [1.54, 1.807) is 27.7 Å². The van der Waals surface area contributed by atoms with Gasteiger partial charge in [0.15, 0.2) is 0 Å². The van der Waals surface area contributed by atoms with Gasteiger partial charge in [0, 0.05) is 6.42 Å². The topological polar surface area (TPSA) is 74.7 Å². The van der Waals surface area contributed by atoms with E-state index < -0.39 is 22.8 Å². The number of carboxylic acids is 1. The van der Waals surface area contributed by atoms with E-state index in [1.165, 1.54) is 0 Å². The average molecular weight is 269 g/mol. The number of aliphatic carboxylic acids is 1. The number of amides is 2. The third-order valence-corrected chi connectivity index (χ3v) is 4.08. The van der Waals surface area contributed by atoms with Crippen molar-refractivity contribution in [2.24, 2.45) is 16.7 Å². The molecule has 0 bridgehead atoms. The second-order valence-corrected chi connectivity index (χ2v) is 6.92. The van der Waals surface area contributed by atoms with Gasteiger partial charge in [0.05, 0.1) is 5.41 Å². The number of imide groups is 1. The molecule has 1 aliphatic heterocycles. The molecule has 2 unspecified atom stereocenters. The number of hydrogen-bond donors (Lipinski definition) is 1. The zero-order chi connectivity index (χ0) is 15.2. The fourth-order valence-electron chi connectivity index (χ4n) is 2.44. The zero-order valence-corrected chi connectivity index (χ0v) is 12.5. The molecule has 1 aliphatic rings. The summed E-state index contributed by atoms with van der Waals surface area (Å²) in [4.78, 5) is 37.1. The second-order valence-electron chi connectivity index (χ2n) is 6.92. The van der Waals surface area contributed by atoms with E-state index in [-0.39, 0.29) is 24.2 Å². The molecule has 1 N–H and O–H groups in total. The SMILES string of the molecule is CC(C)C1(C)CC(=O)N(C(C(=O)O)C(C)(C)C)C1=O. The predicted molar refractivity (Wildman–Crippen MR) is 70.3 cm³/mol. The third kappa shape index (κ3) is 2.51. The van der Waals surface area contributed by atoms with E-state index in [0.717, 1.165) is 4.90 Å². The molecule has 5 heteroatoms. The molecule has 1 rings (SSSR count). The van der Waals surface area contributed by atoms with Crippen LogP contribution >= 0.6 is 0 Å². The minimum atomic E-state index is -1.14. The molecule has 0 saturated carbocycles. The Labute approximate surface area is 114 Å². The van der Waals surface area contributed by atoms with Crippen LogP contribution in [-0.2, 0) is 14.4 Å². The fourth-order valence-corrected chi connectivity index (χ4v) is 2.44. The lowest BCUT2D eigenvalue weighted by atomic mass is 9.77. The molecule has 5 nitrogen and oxygen atoms in total. The Morgan fingerprint density at radius 1 is 1.32 bits per heavy atom. The smallest absolute Gasteiger partial charge is 0.327 e. The van der Waals surface area contributed by atoms with Crippen LogP contribution in [0, 0.1) is 16.7 Å². The average Bonchev–Trinajstić information content (AvgIpc) is 2.41. The summed E-state index contributed by atoms with van der Waals surface area (Å²) in [6.07, 6.45) is 0.0867. The highest BCUT2D eigenvalue weighted by Crippen LogP contribution is 2.42. The maximum absolute atomic E-state index is 12.5. The van der Waals surface area contributed by atoms with Crippen molar-refractivity contribution >= 4 is 17.8 Å². The Bertz CT molecular complexity index is 422. The van der Waals surface area contributed by atoms with Crippen LogP contribution < -0.4 is 0 Å². The molecular formula is C14H23NO4. The van der Waals surface area contributed by atoms with Crippen LogP contribution in [0.4, 0.5) is 0 Å². The summed E-state index contributed by atoms with van der Waals surface area (Å²) in [6, 6.07) is -1.12. The number of carbonyl (C=O) groups is 3. The Hall–Kier alpha value is -1.39. The minimum Gasteiger partial charge on any atom is -0.480 e. The molecule has 108 valence electrons. The standard InChI is InChI=1S/C14H23NO4/c1-8(2)14(6)7-9(16)15(12(14)19)10(11(17)18)13(3,4)5/h8,10H,7H2,1-6H3,(H,17,18). The van der Waals surface area contributed by atoms with E-state index in [9.17, 15) is 19.5 Å². The molecular weight excluding hydrogens is 246 g/mol. The Morgan fingerprint density at radius 3 is 2.05 bits per heavy atom. The van der Waals surface area contributed by atoms with E-state index in [1.807, 2.05) is 13.8 Å². The van der Waals surface area contributed by atoms with Crippen molar-refractivity contribution in [1.29, 1.82) is 0 Å². The van der Waals surface area contributed by atoms with Gasteiger partial charge >= 0.3 is 5.97 Å². The Kier molecular flexibility index (Phi) is 3.81. The highest BCUT2D eigenvalue weighted by atomic mass is 16.4. The highest BCUT2D eigenvalue weighted by Gasteiger charge is 2.55. The van der Waals surface area contributed by atoms with Gasteiger partial charge in [-0.05, 0) is 18.3 Å². The normalized spacial score (nSPS) is 26.2. The first-order valence-electron chi connectivity index (χ1n) is 6.52. The maximum atomic E-state index is 12.5. The molecule has 1 saturated heterocycles. The van der Waals surface area contributed by atoms with Crippen LogP contribution in [-0.4, -0.2) is 33.8 Å². The van der Waals surface area contributed by atoms with Crippen LogP contribution in [0.25, 0.3) is 0 Å². The lowest BCUT2D eigenvalue weighted by Crippen LogP contribution is -2.53. The van der Waals surface area contributed by atoms with Crippen LogP contribution in [0.2, 0.25) is 0 Å². The van der Waals surface area contributed by atoms with Gasteiger partial charge in [-0.3, -0.25) is 14.5 Å². The number of carboxylic acid groups (broad SMARTS) is 1. The van der Waals surface area contributed by atoms with Crippen LogP contribution in [0.3, 0.4) is 0 Å². The molecule has 19 heavy (non-hydrogen) atoms. The Balaban J connectivity index is 3.24. The fraction of sp³-hybridized carbons (Fsp3) is 0.786. The number of nitrogens with zero attached hydrogens (tertiary/aromatic N) is 1. The minimum absolute atomic E-state index is 0.0108. The summed E-state index contributed by atoms with van der Waals surface area (Å²) in [5, 5.41) is 9.37. The van der Waals surface area contributed by atoms with E-state index in [0.29, 0.717) is 0 Å². The second kappa shape index (κ2) is 4.62. The summed E-state index contributed by atoms with van der Waals surface area (Å²) >= 11 is 0. The molecule has 0 radical (unpaired) electrons. The van der Waals surface area contributed by atoms with Crippen molar-refractivity contribution in [3.8, 4) is 0 Å². The van der Waals surface area contributed by atoms with Gasteiger partial charge < -0.3 is 5.11 Å². The summed E-state index contributed by atoms with van der Waals surface area (Å²) in [7, 11) is 0. The first kappa shape index (κ1) is 15.7. The maximum Gasteiger partial charge on any atom is 0.327 e. The number of rotatable bonds is 3. The summed E-state index contributed by atoms with van der Waals surface area (Å²) in [6.45, 7) is 10.6. The number of carbonyl (C=O) groups excluding carboxylic acids is 2. The largest absolute Gasteiger partial charge is 0.480 e. The van der Waals surface area contributed by atoms with E-state index in [4.69, 9.17) is 0 Å². The van der Waals surface area contributed by atoms with Gasteiger partial charge in [0.2, 0.25) is 11.8 Å². The molecule has 0 spiro atoms. The molecule has 0 aromatic rings. The number of likely N-dealkylation sites (tertiary alicyclic amines) is 1. The van der Waals surface area contributed by atoms with Crippen molar-refractivity contribution in [3.05, 3.63) is 0 Å². The molecule has 2 amide bonds. The summed E-state index contributed by atoms with van der Waals surface area (Å²) in [5.41, 5.74) is -1.49. The lowest BCUT2D eigenvalue weighted by molar-refractivity contribution is -0.160. The van der Waals surface area contributed by atoms with Gasteiger partial charge in [-0.25, -0.2) is 4.79 Å². The van der Waals surface area contributed by atoms with Crippen molar-refractivity contribution in [2.45, 2.75) is 54.0 Å².